The fourth-order valence-electron chi connectivity index (χ4n) is 4.06. The first-order valence-electron chi connectivity index (χ1n) is 10.3. The minimum absolute atomic E-state index is 0.214. The highest BCUT2D eigenvalue weighted by atomic mass is 79.9. The van der Waals surface area contributed by atoms with Crippen LogP contribution in [-0.2, 0) is 6.42 Å². The van der Waals surface area contributed by atoms with Crippen molar-refractivity contribution in [2.24, 2.45) is 0 Å². The number of halogens is 2. The van der Waals surface area contributed by atoms with Crippen LogP contribution in [0.3, 0.4) is 0 Å². The molecule has 0 saturated carbocycles. The zero-order chi connectivity index (χ0) is 22.5. The Bertz CT molecular complexity index is 1210. The monoisotopic (exact) mass is 512 g/mol. The highest BCUT2D eigenvalue weighted by Crippen LogP contribution is 2.48. The van der Waals surface area contributed by atoms with Crippen molar-refractivity contribution in [3.63, 3.8) is 0 Å². The third kappa shape index (κ3) is 3.98. The molecule has 2 heterocycles. The number of ether oxygens (including phenoxy) is 1. The molecule has 1 unspecified atom stereocenters. The quantitative estimate of drug-likeness (QED) is 0.329. The smallest absolute Gasteiger partial charge is 0.259 e. The van der Waals surface area contributed by atoms with Crippen LogP contribution >= 0.6 is 27.5 Å². The molecule has 8 heteroatoms. The van der Waals surface area contributed by atoms with Crippen molar-refractivity contribution in [2.45, 2.75) is 32.2 Å². The maximum atomic E-state index is 13.2. The van der Waals surface area contributed by atoms with E-state index in [1.165, 1.54) is 0 Å². The summed E-state index contributed by atoms with van der Waals surface area (Å²) in [6.07, 6.45) is 0.417. The number of nitrogens with one attached hydrogen (secondary N) is 4. The molecule has 0 saturated heterocycles. The molecule has 1 amide bonds. The van der Waals surface area contributed by atoms with Gasteiger partial charge in [-0.2, -0.15) is 0 Å². The van der Waals surface area contributed by atoms with Crippen LogP contribution < -0.4 is 26.0 Å². The average molecular weight is 514 g/mol. The normalized spacial score (nSPS) is 17.4. The van der Waals surface area contributed by atoms with E-state index in [0.717, 1.165) is 27.1 Å². The molecular formula is C24H22BrClN4O2. The van der Waals surface area contributed by atoms with Crippen LogP contribution in [-0.4, -0.2) is 17.8 Å². The molecule has 0 aromatic heterocycles. The number of amides is 1. The number of fused-ring (bicyclic) bond motifs is 3. The number of anilines is 4. The summed E-state index contributed by atoms with van der Waals surface area (Å²) in [6.45, 7) is 4.05. The molecule has 3 aromatic rings. The molecule has 0 bridgehead atoms. The minimum atomic E-state index is -0.403. The number of para-hydroxylation sites is 1. The molecule has 0 fully saturated rings. The Hall–Kier alpha value is -2.90. The van der Waals surface area contributed by atoms with Crippen LogP contribution in [0.2, 0.25) is 5.02 Å². The van der Waals surface area contributed by atoms with E-state index in [-0.39, 0.29) is 12.2 Å². The lowest BCUT2D eigenvalue weighted by Crippen LogP contribution is -2.31. The zero-order valence-electron chi connectivity index (χ0n) is 17.6. The Morgan fingerprint density at radius 3 is 2.66 bits per heavy atom. The van der Waals surface area contributed by atoms with Gasteiger partial charge in [0.2, 0.25) is 0 Å². The van der Waals surface area contributed by atoms with Crippen LogP contribution in [0.1, 0.15) is 29.8 Å². The van der Waals surface area contributed by atoms with Gasteiger partial charge in [0.1, 0.15) is 11.4 Å². The van der Waals surface area contributed by atoms with Crippen LogP contribution in [0.4, 0.5) is 22.7 Å². The van der Waals surface area contributed by atoms with Crippen LogP contribution in [0.15, 0.2) is 59.1 Å². The van der Waals surface area contributed by atoms with Gasteiger partial charge >= 0.3 is 0 Å². The molecule has 0 spiro atoms. The summed E-state index contributed by atoms with van der Waals surface area (Å²) in [5.74, 6) is 0.407. The maximum absolute atomic E-state index is 13.2. The SMILES string of the molecule is CC1(C)Cc2c3c(cc(C(=O)Nc4ccc(Br)cc4)c2O1)NC(Nc1ccccc1Cl)N3. The number of rotatable bonds is 4. The Morgan fingerprint density at radius 2 is 1.91 bits per heavy atom. The summed E-state index contributed by atoms with van der Waals surface area (Å²) in [5, 5.41) is 13.9. The molecule has 0 aliphatic carbocycles. The van der Waals surface area contributed by atoms with Gasteiger partial charge in [0.15, 0.2) is 6.29 Å². The maximum Gasteiger partial charge on any atom is 0.259 e. The van der Waals surface area contributed by atoms with E-state index in [1.54, 1.807) is 0 Å². The molecule has 2 aliphatic heterocycles. The fraction of sp³-hybridized carbons (Fsp3) is 0.208. The number of carbonyl (C=O) groups excluding carboxylic acids is 1. The highest BCUT2D eigenvalue weighted by molar-refractivity contribution is 9.10. The predicted molar refractivity (Wildman–Crippen MR) is 133 cm³/mol. The third-order valence-electron chi connectivity index (χ3n) is 5.47. The summed E-state index contributed by atoms with van der Waals surface area (Å²) >= 11 is 9.72. The van der Waals surface area contributed by atoms with Gasteiger partial charge in [-0.1, -0.05) is 39.7 Å². The molecule has 5 rings (SSSR count). The highest BCUT2D eigenvalue weighted by Gasteiger charge is 2.39. The van der Waals surface area contributed by atoms with Crippen molar-refractivity contribution in [1.29, 1.82) is 0 Å². The largest absolute Gasteiger partial charge is 0.486 e. The average Bonchev–Trinajstić information content (AvgIpc) is 3.29. The van der Waals surface area contributed by atoms with E-state index in [9.17, 15) is 4.79 Å². The standard InChI is InChI=1S/C24H22BrClN4O2/c1-24(2)12-16-20-19(29-23(30-20)28-18-6-4-3-5-17(18)26)11-15(21(16)32-24)22(31)27-14-9-7-13(25)8-10-14/h3-11,23,28-30H,12H2,1-2H3,(H,27,31). The first kappa shape index (κ1) is 21.0. The van der Waals surface area contributed by atoms with Gasteiger partial charge in [-0.3, -0.25) is 4.79 Å². The van der Waals surface area contributed by atoms with Crippen LogP contribution in [0.25, 0.3) is 0 Å². The van der Waals surface area contributed by atoms with E-state index in [4.69, 9.17) is 16.3 Å². The van der Waals surface area contributed by atoms with E-state index in [1.807, 2.05) is 68.4 Å². The van der Waals surface area contributed by atoms with Crippen molar-refractivity contribution in [1.82, 2.24) is 0 Å². The van der Waals surface area contributed by atoms with Crippen LogP contribution in [0.5, 0.6) is 5.75 Å². The zero-order valence-corrected chi connectivity index (χ0v) is 19.9. The number of hydrogen-bond acceptors (Lipinski definition) is 5. The van der Waals surface area contributed by atoms with Gasteiger partial charge in [-0.15, -0.1) is 0 Å². The molecule has 164 valence electrons. The predicted octanol–water partition coefficient (Wildman–Crippen LogP) is 6.30. The molecule has 4 N–H and O–H groups in total. The number of carbonyl (C=O) groups is 1. The molecule has 1 atom stereocenters. The number of benzene rings is 3. The fourth-order valence-corrected chi connectivity index (χ4v) is 4.52. The van der Waals surface area contributed by atoms with Crippen molar-refractivity contribution in [2.75, 3.05) is 21.3 Å². The Balaban J connectivity index is 1.46. The van der Waals surface area contributed by atoms with Gasteiger partial charge in [0.25, 0.3) is 5.91 Å². The van der Waals surface area contributed by atoms with Gasteiger partial charge in [-0.05, 0) is 56.3 Å². The third-order valence-corrected chi connectivity index (χ3v) is 6.33. The second-order valence-electron chi connectivity index (χ2n) is 8.50. The second kappa shape index (κ2) is 7.90. The Morgan fingerprint density at radius 1 is 1.16 bits per heavy atom. The first-order valence-corrected chi connectivity index (χ1v) is 11.5. The second-order valence-corrected chi connectivity index (χ2v) is 9.82. The van der Waals surface area contributed by atoms with E-state index in [0.29, 0.717) is 28.4 Å². The molecule has 0 radical (unpaired) electrons. The lowest BCUT2D eigenvalue weighted by Gasteiger charge is -2.18. The van der Waals surface area contributed by atoms with E-state index in [2.05, 4.69) is 37.2 Å². The molecular weight excluding hydrogens is 492 g/mol. The Kier molecular flexibility index (Phi) is 5.18. The van der Waals surface area contributed by atoms with Gasteiger partial charge in [-0.25, -0.2) is 0 Å². The lowest BCUT2D eigenvalue weighted by molar-refractivity contribution is 0.101. The van der Waals surface area contributed by atoms with Crippen molar-refractivity contribution in [3.8, 4) is 5.75 Å². The van der Waals surface area contributed by atoms with Crippen molar-refractivity contribution < 1.29 is 9.53 Å². The van der Waals surface area contributed by atoms with Gasteiger partial charge < -0.3 is 26.0 Å². The first-order chi connectivity index (χ1) is 15.3. The lowest BCUT2D eigenvalue weighted by atomic mass is 9.97. The van der Waals surface area contributed by atoms with E-state index < -0.39 is 5.60 Å². The van der Waals surface area contributed by atoms with Gasteiger partial charge in [0.05, 0.1) is 27.6 Å². The van der Waals surface area contributed by atoms with E-state index >= 15 is 0 Å². The van der Waals surface area contributed by atoms with Gasteiger partial charge in [0, 0.05) is 22.1 Å². The summed E-state index contributed by atoms with van der Waals surface area (Å²) in [5.41, 5.74) is 4.40. The summed E-state index contributed by atoms with van der Waals surface area (Å²) in [6, 6.07) is 16.9. The van der Waals surface area contributed by atoms with Crippen molar-refractivity contribution >= 4 is 56.2 Å². The number of hydrogen-bond donors (Lipinski definition) is 4. The Labute approximate surface area is 199 Å². The molecule has 32 heavy (non-hydrogen) atoms. The van der Waals surface area contributed by atoms with Crippen LogP contribution in [0, 0.1) is 0 Å². The summed E-state index contributed by atoms with van der Waals surface area (Å²) in [7, 11) is 0. The topological polar surface area (TPSA) is 74.4 Å². The minimum Gasteiger partial charge on any atom is -0.486 e. The summed E-state index contributed by atoms with van der Waals surface area (Å²) in [4.78, 5) is 13.2. The molecule has 6 nitrogen and oxygen atoms in total. The summed E-state index contributed by atoms with van der Waals surface area (Å²) < 4.78 is 7.17. The molecule has 3 aromatic carbocycles. The van der Waals surface area contributed by atoms with Crippen molar-refractivity contribution in [3.05, 3.63) is 75.2 Å². The molecule has 2 aliphatic rings.